The van der Waals surface area contributed by atoms with Gasteiger partial charge in [0.05, 0.1) is 13.2 Å². The summed E-state index contributed by atoms with van der Waals surface area (Å²) in [6, 6.07) is 0.0786. The third-order valence-electron chi connectivity index (χ3n) is 3.14. The lowest BCUT2D eigenvalue weighted by atomic mass is 10.1. The molecule has 3 N–H and O–H groups in total. The molecule has 1 fully saturated rings. The summed E-state index contributed by atoms with van der Waals surface area (Å²) in [5.74, 6) is 0.757. The van der Waals surface area contributed by atoms with Crippen LogP contribution in [-0.4, -0.2) is 56.7 Å². The van der Waals surface area contributed by atoms with Crippen LogP contribution < -0.4 is 11.1 Å². The van der Waals surface area contributed by atoms with E-state index in [-0.39, 0.29) is 11.9 Å². The Kier molecular flexibility index (Phi) is 6.47. The fourth-order valence-electron chi connectivity index (χ4n) is 2.34. The Labute approximate surface area is 104 Å². The van der Waals surface area contributed by atoms with Gasteiger partial charge >= 0.3 is 0 Å². The summed E-state index contributed by atoms with van der Waals surface area (Å²) in [7, 11) is 1.64. The van der Waals surface area contributed by atoms with Gasteiger partial charge in [0.1, 0.15) is 0 Å². The normalized spacial score (nSPS) is 22.6. The van der Waals surface area contributed by atoms with Crippen molar-refractivity contribution < 1.29 is 9.53 Å². The Morgan fingerprint density at radius 3 is 3.06 bits per heavy atom. The number of hydrogen-bond acceptors (Lipinski definition) is 4. The van der Waals surface area contributed by atoms with Crippen molar-refractivity contribution in [3.05, 3.63) is 0 Å². The van der Waals surface area contributed by atoms with E-state index in [9.17, 15) is 4.79 Å². The van der Waals surface area contributed by atoms with Gasteiger partial charge in [0.2, 0.25) is 5.91 Å². The molecule has 1 aliphatic rings. The molecule has 5 heteroatoms. The molecule has 2 unspecified atom stereocenters. The predicted molar refractivity (Wildman–Crippen MR) is 67.7 cm³/mol. The van der Waals surface area contributed by atoms with Crippen LogP contribution in [0.5, 0.6) is 0 Å². The minimum Gasteiger partial charge on any atom is -0.383 e. The summed E-state index contributed by atoms with van der Waals surface area (Å²) in [4.78, 5) is 13.9. The van der Waals surface area contributed by atoms with E-state index in [0.717, 1.165) is 32.5 Å². The summed E-state index contributed by atoms with van der Waals surface area (Å²) in [6.07, 6.45) is 2.23. The number of ether oxygens (including phenoxy) is 1. The van der Waals surface area contributed by atoms with Crippen molar-refractivity contribution in [2.45, 2.75) is 25.8 Å². The average molecular weight is 243 g/mol. The highest BCUT2D eigenvalue weighted by molar-refractivity contribution is 5.78. The number of rotatable bonds is 7. The number of methoxy groups -OCH3 is 1. The molecule has 1 rings (SSSR count). The molecule has 17 heavy (non-hydrogen) atoms. The van der Waals surface area contributed by atoms with Crippen LogP contribution in [0.4, 0.5) is 0 Å². The Morgan fingerprint density at radius 2 is 2.41 bits per heavy atom. The van der Waals surface area contributed by atoms with Crippen LogP contribution in [0, 0.1) is 5.92 Å². The standard InChI is InChI=1S/C12H25N3O2/c1-10(9-17-2)14-12(16)8-15-6-4-11(7-15)3-5-13/h10-11H,3-9,13H2,1-2H3,(H,14,16). The molecule has 0 aliphatic carbocycles. The van der Waals surface area contributed by atoms with Crippen molar-refractivity contribution in [3.63, 3.8) is 0 Å². The van der Waals surface area contributed by atoms with Crippen LogP contribution in [-0.2, 0) is 9.53 Å². The van der Waals surface area contributed by atoms with Gasteiger partial charge in [-0.3, -0.25) is 9.69 Å². The van der Waals surface area contributed by atoms with E-state index in [0.29, 0.717) is 19.1 Å². The molecule has 0 aromatic carbocycles. The Hall–Kier alpha value is -0.650. The van der Waals surface area contributed by atoms with Crippen LogP contribution in [0.25, 0.3) is 0 Å². The summed E-state index contributed by atoms with van der Waals surface area (Å²) < 4.78 is 4.98. The second kappa shape index (κ2) is 7.63. The SMILES string of the molecule is COCC(C)NC(=O)CN1CCC(CCN)C1. The maximum Gasteiger partial charge on any atom is 0.234 e. The zero-order chi connectivity index (χ0) is 12.7. The number of nitrogens with two attached hydrogens (primary N) is 1. The lowest BCUT2D eigenvalue weighted by Crippen LogP contribution is -2.42. The Balaban J connectivity index is 2.19. The summed E-state index contributed by atoms with van der Waals surface area (Å²) in [5, 5.41) is 2.92. The van der Waals surface area contributed by atoms with Gasteiger partial charge in [-0.2, -0.15) is 0 Å². The second-order valence-electron chi connectivity index (χ2n) is 4.89. The monoisotopic (exact) mass is 243 g/mol. The molecule has 0 saturated carbocycles. The topological polar surface area (TPSA) is 67.6 Å². The van der Waals surface area contributed by atoms with Gasteiger partial charge in [-0.15, -0.1) is 0 Å². The minimum atomic E-state index is 0.0786. The van der Waals surface area contributed by atoms with Crippen molar-refractivity contribution in [3.8, 4) is 0 Å². The highest BCUT2D eigenvalue weighted by Gasteiger charge is 2.23. The van der Waals surface area contributed by atoms with E-state index in [1.54, 1.807) is 7.11 Å². The molecule has 1 heterocycles. The first-order valence-corrected chi connectivity index (χ1v) is 6.36. The summed E-state index contributed by atoms with van der Waals surface area (Å²) >= 11 is 0. The first-order valence-electron chi connectivity index (χ1n) is 6.36. The van der Waals surface area contributed by atoms with E-state index in [1.807, 2.05) is 6.92 Å². The minimum absolute atomic E-state index is 0.0786. The van der Waals surface area contributed by atoms with E-state index in [4.69, 9.17) is 10.5 Å². The molecule has 1 saturated heterocycles. The van der Waals surface area contributed by atoms with Crippen molar-refractivity contribution in [2.24, 2.45) is 11.7 Å². The maximum atomic E-state index is 11.7. The number of nitrogens with one attached hydrogen (secondary N) is 1. The number of nitrogens with zero attached hydrogens (tertiary/aromatic N) is 1. The lowest BCUT2D eigenvalue weighted by Gasteiger charge is -2.18. The molecule has 1 aliphatic heterocycles. The number of carbonyl (C=O) groups excluding carboxylic acids is 1. The fraction of sp³-hybridized carbons (Fsp3) is 0.917. The average Bonchev–Trinajstić information content (AvgIpc) is 2.66. The molecule has 0 aromatic heterocycles. The largest absolute Gasteiger partial charge is 0.383 e. The summed E-state index contributed by atoms with van der Waals surface area (Å²) in [5.41, 5.74) is 5.54. The molecule has 0 spiro atoms. The predicted octanol–water partition coefficient (Wildman–Crippen LogP) is -0.192. The van der Waals surface area contributed by atoms with Crippen molar-refractivity contribution in [1.29, 1.82) is 0 Å². The van der Waals surface area contributed by atoms with Crippen LogP contribution in [0.2, 0.25) is 0 Å². The number of amides is 1. The van der Waals surface area contributed by atoms with Gasteiger partial charge < -0.3 is 15.8 Å². The molecule has 5 nitrogen and oxygen atoms in total. The molecule has 0 aromatic rings. The quantitative estimate of drug-likeness (QED) is 0.650. The molecular formula is C12H25N3O2. The molecular weight excluding hydrogens is 218 g/mol. The highest BCUT2D eigenvalue weighted by Crippen LogP contribution is 2.18. The van der Waals surface area contributed by atoms with E-state index in [1.165, 1.54) is 0 Å². The van der Waals surface area contributed by atoms with Gasteiger partial charge in [0.25, 0.3) is 0 Å². The zero-order valence-corrected chi connectivity index (χ0v) is 10.9. The van der Waals surface area contributed by atoms with Gasteiger partial charge in [-0.25, -0.2) is 0 Å². The van der Waals surface area contributed by atoms with Crippen LogP contribution in [0.1, 0.15) is 19.8 Å². The number of likely N-dealkylation sites (tertiary alicyclic amines) is 1. The lowest BCUT2D eigenvalue weighted by molar-refractivity contribution is -0.123. The first kappa shape index (κ1) is 14.4. The van der Waals surface area contributed by atoms with Crippen molar-refractivity contribution in [2.75, 3.05) is 39.9 Å². The first-order chi connectivity index (χ1) is 8.15. The van der Waals surface area contributed by atoms with Crippen LogP contribution >= 0.6 is 0 Å². The van der Waals surface area contributed by atoms with E-state index in [2.05, 4.69) is 10.2 Å². The van der Waals surface area contributed by atoms with Gasteiger partial charge in [0, 0.05) is 19.7 Å². The van der Waals surface area contributed by atoms with Crippen LogP contribution in [0.3, 0.4) is 0 Å². The van der Waals surface area contributed by atoms with Crippen LogP contribution in [0.15, 0.2) is 0 Å². The number of carbonyl (C=O) groups is 1. The molecule has 0 bridgehead atoms. The Bertz CT molecular complexity index is 236. The van der Waals surface area contributed by atoms with Gasteiger partial charge in [-0.05, 0) is 38.8 Å². The molecule has 1 amide bonds. The fourth-order valence-corrected chi connectivity index (χ4v) is 2.34. The molecule has 2 atom stereocenters. The molecule has 100 valence electrons. The highest BCUT2D eigenvalue weighted by atomic mass is 16.5. The smallest absolute Gasteiger partial charge is 0.234 e. The van der Waals surface area contributed by atoms with Gasteiger partial charge in [-0.1, -0.05) is 0 Å². The third-order valence-corrected chi connectivity index (χ3v) is 3.14. The Morgan fingerprint density at radius 1 is 1.65 bits per heavy atom. The molecule has 0 radical (unpaired) electrons. The van der Waals surface area contributed by atoms with E-state index >= 15 is 0 Å². The second-order valence-corrected chi connectivity index (χ2v) is 4.89. The third kappa shape index (κ3) is 5.48. The van der Waals surface area contributed by atoms with Gasteiger partial charge in [0.15, 0.2) is 0 Å². The number of hydrogen-bond donors (Lipinski definition) is 2. The van der Waals surface area contributed by atoms with E-state index < -0.39 is 0 Å². The summed E-state index contributed by atoms with van der Waals surface area (Å²) in [6.45, 7) is 5.76. The van der Waals surface area contributed by atoms with Crippen molar-refractivity contribution in [1.82, 2.24) is 10.2 Å². The van der Waals surface area contributed by atoms with Crippen molar-refractivity contribution >= 4 is 5.91 Å². The zero-order valence-electron chi connectivity index (χ0n) is 10.9. The maximum absolute atomic E-state index is 11.7.